The highest BCUT2D eigenvalue weighted by Gasteiger charge is 2.53. The summed E-state index contributed by atoms with van der Waals surface area (Å²) in [6.07, 6.45) is 4.12. The highest BCUT2D eigenvalue weighted by Crippen LogP contribution is 2.51. The van der Waals surface area contributed by atoms with Crippen molar-refractivity contribution in [3.8, 4) is 0 Å². The summed E-state index contributed by atoms with van der Waals surface area (Å²) >= 11 is 0. The van der Waals surface area contributed by atoms with Gasteiger partial charge in [-0.2, -0.15) is 0 Å². The van der Waals surface area contributed by atoms with Gasteiger partial charge in [0, 0.05) is 22.2 Å². The predicted molar refractivity (Wildman–Crippen MR) is 113 cm³/mol. The Kier molecular flexibility index (Phi) is 5.65. The number of hydrogen-bond donors (Lipinski definition) is 3. The van der Waals surface area contributed by atoms with Gasteiger partial charge in [0.1, 0.15) is 0 Å². The number of carboxylic acid groups (broad SMARTS) is 1. The zero-order chi connectivity index (χ0) is 21.1. The molecule has 0 unspecified atom stereocenters. The van der Waals surface area contributed by atoms with Crippen LogP contribution >= 0.6 is 0 Å². The Morgan fingerprint density at radius 1 is 0.778 bits per heavy atom. The highest BCUT2D eigenvalue weighted by atomic mass is 16.4. The molecule has 4 nitrogen and oxygen atoms in total. The second-order valence-corrected chi connectivity index (χ2v) is 12.7. The summed E-state index contributed by atoms with van der Waals surface area (Å²) in [4.78, 5) is 12.4. The first-order valence-electron chi connectivity index (χ1n) is 10.7. The van der Waals surface area contributed by atoms with Crippen LogP contribution in [0.25, 0.3) is 0 Å². The standard InChI is InChI=1S/C23H44N2O2/c1-19(2)11-15(12-20(3,4)24-19)17(23(9,10)18(26)27)16-13-21(5,6)25-22(7,8)14-16/h15-17,24-25H,11-14H2,1-10H3,(H,26,27). The Bertz CT molecular complexity index is 505. The maximum Gasteiger partial charge on any atom is 0.309 e. The lowest BCUT2D eigenvalue weighted by Gasteiger charge is -2.56. The Labute approximate surface area is 167 Å². The van der Waals surface area contributed by atoms with E-state index in [1.807, 2.05) is 13.8 Å². The van der Waals surface area contributed by atoms with Crippen LogP contribution in [0, 0.1) is 23.2 Å². The van der Waals surface area contributed by atoms with E-state index in [-0.39, 0.29) is 28.1 Å². The van der Waals surface area contributed by atoms with E-state index < -0.39 is 11.4 Å². The average molecular weight is 381 g/mol. The fraction of sp³-hybridized carbons (Fsp3) is 0.957. The van der Waals surface area contributed by atoms with Crippen LogP contribution in [-0.4, -0.2) is 33.2 Å². The first-order chi connectivity index (χ1) is 11.9. The van der Waals surface area contributed by atoms with E-state index in [0.29, 0.717) is 11.8 Å². The van der Waals surface area contributed by atoms with E-state index >= 15 is 0 Å². The summed E-state index contributed by atoms with van der Waals surface area (Å²) in [5.74, 6) is 0.307. The molecule has 0 atom stereocenters. The smallest absolute Gasteiger partial charge is 0.309 e. The number of hydrogen-bond acceptors (Lipinski definition) is 3. The van der Waals surface area contributed by atoms with Gasteiger partial charge in [-0.25, -0.2) is 0 Å². The van der Waals surface area contributed by atoms with Gasteiger partial charge in [0.15, 0.2) is 0 Å². The quantitative estimate of drug-likeness (QED) is 0.654. The van der Waals surface area contributed by atoms with Crippen molar-refractivity contribution in [3.63, 3.8) is 0 Å². The fourth-order valence-electron chi connectivity index (χ4n) is 7.02. The third-order valence-electron chi connectivity index (χ3n) is 6.84. The topological polar surface area (TPSA) is 61.4 Å². The molecule has 2 fully saturated rings. The summed E-state index contributed by atoms with van der Waals surface area (Å²) in [5, 5.41) is 17.7. The van der Waals surface area contributed by atoms with E-state index in [4.69, 9.17) is 0 Å². The number of carboxylic acids is 1. The van der Waals surface area contributed by atoms with Crippen molar-refractivity contribution in [1.29, 1.82) is 0 Å². The van der Waals surface area contributed by atoms with Crippen LogP contribution in [0.15, 0.2) is 0 Å². The van der Waals surface area contributed by atoms with Gasteiger partial charge in [0.25, 0.3) is 0 Å². The molecule has 0 spiro atoms. The minimum Gasteiger partial charge on any atom is -0.481 e. The van der Waals surface area contributed by atoms with E-state index in [1.165, 1.54) is 0 Å². The molecule has 4 heteroatoms. The largest absolute Gasteiger partial charge is 0.481 e. The second kappa shape index (κ2) is 6.73. The maximum absolute atomic E-state index is 12.4. The molecule has 2 saturated heterocycles. The van der Waals surface area contributed by atoms with Gasteiger partial charge in [-0.15, -0.1) is 0 Å². The molecule has 2 rings (SSSR count). The molecular weight excluding hydrogens is 336 g/mol. The van der Waals surface area contributed by atoms with Gasteiger partial charge in [-0.1, -0.05) is 0 Å². The highest BCUT2D eigenvalue weighted by molar-refractivity contribution is 5.74. The molecule has 2 heterocycles. The molecule has 0 saturated carbocycles. The van der Waals surface area contributed by atoms with Gasteiger partial charge in [-0.05, 0) is 113 Å². The molecule has 2 aliphatic rings. The Morgan fingerprint density at radius 2 is 1.04 bits per heavy atom. The SMILES string of the molecule is CC1(C)CC(C(C2CC(C)(C)NC(C)(C)C2)C(C)(C)C(=O)O)CC(C)(C)N1. The van der Waals surface area contributed by atoms with E-state index in [9.17, 15) is 9.90 Å². The first-order valence-corrected chi connectivity index (χ1v) is 10.7. The monoisotopic (exact) mass is 380 g/mol. The van der Waals surface area contributed by atoms with Gasteiger partial charge in [0.2, 0.25) is 0 Å². The van der Waals surface area contributed by atoms with E-state index in [0.717, 1.165) is 25.7 Å². The number of piperidine rings is 2. The lowest BCUT2D eigenvalue weighted by atomic mass is 9.55. The summed E-state index contributed by atoms with van der Waals surface area (Å²) in [5.41, 5.74) is -0.634. The summed E-state index contributed by atoms with van der Waals surface area (Å²) in [7, 11) is 0. The van der Waals surface area contributed by atoms with Crippen LogP contribution in [0.2, 0.25) is 0 Å². The van der Waals surface area contributed by atoms with Crippen molar-refractivity contribution < 1.29 is 9.90 Å². The van der Waals surface area contributed by atoms with Crippen molar-refractivity contribution in [2.24, 2.45) is 23.2 Å². The molecule has 0 aromatic carbocycles. The number of aliphatic carboxylic acids is 1. The molecule has 27 heavy (non-hydrogen) atoms. The van der Waals surface area contributed by atoms with Crippen LogP contribution in [0.3, 0.4) is 0 Å². The van der Waals surface area contributed by atoms with Gasteiger partial charge in [-0.3, -0.25) is 4.79 Å². The van der Waals surface area contributed by atoms with Crippen molar-refractivity contribution in [2.75, 3.05) is 0 Å². The van der Waals surface area contributed by atoms with E-state index in [2.05, 4.69) is 66.0 Å². The molecule has 0 aliphatic carbocycles. The summed E-state index contributed by atoms with van der Waals surface area (Å²) in [6.45, 7) is 22.1. The number of rotatable bonds is 4. The van der Waals surface area contributed by atoms with Gasteiger partial charge < -0.3 is 15.7 Å². The average Bonchev–Trinajstić information content (AvgIpc) is 2.29. The van der Waals surface area contributed by atoms with Crippen molar-refractivity contribution >= 4 is 5.97 Å². The van der Waals surface area contributed by atoms with Crippen LogP contribution in [0.1, 0.15) is 94.9 Å². The molecule has 2 aliphatic heterocycles. The molecule has 0 bridgehead atoms. The normalized spacial score (nSPS) is 28.3. The first kappa shape index (κ1) is 22.7. The lowest BCUT2D eigenvalue weighted by Crippen LogP contribution is -2.63. The molecule has 3 N–H and O–H groups in total. The lowest BCUT2D eigenvalue weighted by molar-refractivity contribution is -0.156. The Morgan fingerprint density at radius 3 is 1.26 bits per heavy atom. The van der Waals surface area contributed by atoms with E-state index in [1.54, 1.807) is 0 Å². The van der Waals surface area contributed by atoms with Crippen molar-refractivity contribution in [2.45, 2.75) is 117 Å². The maximum atomic E-state index is 12.4. The molecule has 0 radical (unpaired) electrons. The van der Waals surface area contributed by atoms with Crippen LogP contribution in [0.5, 0.6) is 0 Å². The third-order valence-corrected chi connectivity index (χ3v) is 6.84. The van der Waals surface area contributed by atoms with Crippen LogP contribution < -0.4 is 10.6 Å². The zero-order valence-electron chi connectivity index (χ0n) is 19.4. The van der Waals surface area contributed by atoms with Gasteiger partial charge >= 0.3 is 5.97 Å². The Balaban J connectivity index is 2.48. The predicted octanol–water partition coefficient (Wildman–Crippen LogP) is 4.83. The fourth-order valence-corrected chi connectivity index (χ4v) is 7.02. The number of nitrogens with one attached hydrogen (secondary N) is 2. The molecule has 158 valence electrons. The van der Waals surface area contributed by atoms with Crippen LogP contribution in [0.4, 0.5) is 0 Å². The summed E-state index contributed by atoms with van der Waals surface area (Å²) in [6, 6.07) is 0. The molecule has 0 aromatic rings. The second-order valence-electron chi connectivity index (χ2n) is 12.7. The molecule has 0 aromatic heterocycles. The van der Waals surface area contributed by atoms with Crippen LogP contribution in [-0.2, 0) is 4.79 Å². The zero-order valence-corrected chi connectivity index (χ0v) is 19.4. The van der Waals surface area contributed by atoms with Crippen molar-refractivity contribution in [1.82, 2.24) is 10.6 Å². The Hall–Kier alpha value is -0.610. The number of carbonyl (C=O) groups is 1. The molecule has 0 amide bonds. The minimum atomic E-state index is -0.734. The third kappa shape index (κ3) is 5.26. The molecular formula is C23H44N2O2. The summed E-state index contributed by atoms with van der Waals surface area (Å²) < 4.78 is 0. The van der Waals surface area contributed by atoms with Crippen molar-refractivity contribution in [3.05, 3.63) is 0 Å². The minimum absolute atomic E-state index is 0.0250. The van der Waals surface area contributed by atoms with Gasteiger partial charge in [0.05, 0.1) is 5.41 Å².